The van der Waals surface area contributed by atoms with E-state index in [2.05, 4.69) is 60.8 Å². The van der Waals surface area contributed by atoms with E-state index in [4.69, 9.17) is 14.2 Å². The number of ether oxygens (including phenoxy) is 3. The third kappa shape index (κ3) is 6.92. The summed E-state index contributed by atoms with van der Waals surface area (Å²) in [4.78, 5) is 0. The zero-order valence-electron chi connectivity index (χ0n) is 18.5. The summed E-state index contributed by atoms with van der Waals surface area (Å²) < 4.78 is 19.0. The second-order valence-corrected chi connectivity index (χ2v) is 8.12. The van der Waals surface area contributed by atoms with Gasteiger partial charge in [0.05, 0.1) is 31.5 Å². The number of unbranched alkanes of at least 4 members (excludes halogenated alkanes) is 3. The highest BCUT2D eigenvalue weighted by Gasteiger charge is 2.44. The second-order valence-electron chi connectivity index (χ2n) is 8.12. The van der Waals surface area contributed by atoms with E-state index in [-0.39, 0.29) is 24.4 Å². The molecule has 0 heterocycles. The topological polar surface area (TPSA) is 39.7 Å². The Kier molecular flexibility index (Phi) is 9.84. The molecule has 164 valence electrons. The molecule has 3 rings (SSSR count). The Morgan fingerprint density at radius 2 is 1.37 bits per heavy atom. The largest absolute Gasteiger partial charge is 0.374 e. The molecule has 2 aromatic rings. The molecule has 1 fully saturated rings. The first-order valence-corrected chi connectivity index (χ1v) is 11.4. The van der Waals surface area contributed by atoms with Gasteiger partial charge in [-0.05, 0) is 24.6 Å². The molecule has 1 aliphatic carbocycles. The van der Waals surface area contributed by atoms with Gasteiger partial charge in [0.2, 0.25) is 0 Å². The Morgan fingerprint density at radius 3 is 1.93 bits per heavy atom. The van der Waals surface area contributed by atoms with Crippen LogP contribution in [0.1, 0.15) is 50.2 Å². The first-order valence-electron chi connectivity index (χ1n) is 11.4. The molecule has 1 N–H and O–H groups in total. The van der Waals surface area contributed by atoms with Crippen LogP contribution in [0.2, 0.25) is 0 Å². The lowest BCUT2D eigenvalue weighted by Gasteiger charge is -2.27. The molecule has 0 saturated heterocycles. The zero-order valence-corrected chi connectivity index (χ0v) is 18.5. The van der Waals surface area contributed by atoms with Crippen molar-refractivity contribution < 1.29 is 14.2 Å². The molecule has 1 aliphatic rings. The molecule has 0 bridgehead atoms. The molecule has 1 saturated carbocycles. The van der Waals surface area contributed by atoms with E-state index in [1.165, 1.54) is 30.4 Å². The predicted octanol–water partition coefficient (Wildman–Crippen LogP) is 5.11. The minimum atomic E-state index is 0.00103. The van der Waals surface area contributed by atoms with Gasteiger partial charge in [0, 0.05) is 13.0 Å². The molecule has 0 radical (unpaired) electrons. The van der Waals surface area contributed by atoms with Gasteiger partial charge in [0.1, 0.15) is 6.10 Å². The fourth-order valence-electron chi connectivity index (χ4n) is 4.15. The van der Waals surface area contributed by atoms with Crippen molar-refractivity contribution in [2.24, 2.45) is 0 Å². The van der Waals surface area contributed by atoms with Crippen LogP contribution >= 0.6 is 0 Å². The van der Waals surface area contributed by atoms with Crippen molar-refractivity contribution in [2.45, 2.75) is 76.6 Å². The van der Waals surface area contributed by atoms with Gasteiger partial charge in [-0.15, -0.1) is 0 Å². The standard InChI is InChI=1S/C26H37NO3/c1-3-4-5-12-17-28-26-24(30-20-22-15-10-7-11-16-22)18-23(25(26)27-2)29-19-21-13-8-6-9-14-21/h6-11,13-16,23-27H,3-5,12,17-20H2,1-2H3/t23-,24+,25+,26+/m1/s1. The van der Waals surface area contributed by atoms with Crippen LogP contribution in [0.15, 0.2) is 60.7 Å². The van der Waals surface area contributed by atoms with Crippen molar-refractivity contribution in [3.63, 3.8) is 0 Å². The molecular weight excluding hydrogens is 374 g/mol. The molecule has 2 aromatic carbocycles. The Balaban J connectivity index is 1.60. The monoisotopic (exact) mass is 411 g/mol. The van der Waals surface area contributed by atoms with E-state index in [1.807, 2.05) is 19.2 Å². The summed E-state index contributed by atoms with van der Waals surface area (Å²) in [5.41, 5.74) is 2.38. The summed E-state index contributed by atoms with van der Waals surface area (Å²) >= 11 is 0. The minimum absolute atomic E-state index is 0.00103. The Hall–Kier alpha value is -1.72. The highest BCUT2D eigenvalue weighted by molar-refractivity contribution is 5.14. The summed E-state index contributed by atoms with van der Waals surface area (Å²) in [5.74, 6) is 0. The van der Waals surface area contributed by atoms with Crippen LogP contribution in [0, 0.1) is 0 Å². The van der Waals surface area contributed by atoms with Gasteiger partial charge >= 0.3 is 0 Å². The van der Waals surface area contributed by atoms with Gasteiger partial charge in [-0.25, -0.2) is 0 Å². The highest BCUT2D eigenvalue weighted by Crippen LogP contribution is 2.30. The average Bonchev–Trinajstić information content (AvgIpc) is 3.14. The first kappa shape index (κ1) is 23.0. The average molecular weight is 412 g/mol. The van der Waals surface area contributed by atoms with E-state index < -0.39 is 0 Å². The van der Waals surface area contributed by atoms with Crippen LogP contribution in [0.4, 0.5) is 0 Å². The van der Waals surface area contributed by atoms with Gasteiger partial charge in [0.15, 0.2) is 0 Å². The number of nitrogens with one attached hydrogen (secondary N) is 1. The molecule has 0 aliphatic heterocycles. The van der Waals surface area contributed by atoms with E-state index in [0.29, 0.717) is 13.2 Å². The summed E-state index contributed by atoms with van der Waals surface area (Å²) in [6, 6.07) is 20.8. The predicted molar refractivity (Wildman–Crippen MR) is 121 cm³/mol. The SMILES string of the molecule is CCCCCCO[C@@H]1[C@@H](NC)[C@H](OCc2ccccc2)C[C@@H]1OCc1ccccc1. The van der Waals surface area contributed by atoms with E-state index in [0.717, 1.165) is 19.4 Å². The van der Waals surface area contributed by atoms with Crippen LogP contribution in [0.3, 0.4) is 0 Å². The Labute approximate surface area is 181 Å². The Bertz CT molecular complexity index is 694. The minimum Gasteiger partial charge on any atom is -0.374 e. The lowest BCUT2D eigenvalue weighted by atomic mass is 10.1. The number of hydrogen-bond acceptors (Lipinski definition) is 4. The normalized spacial score (nSPS) is 23.7. The quantitative estimate of drug-likeness (QED) is 0.465. The smallest absolute Gasteiger partial charge is 0.101 e. The van der Waals surface area contributed by atoms with Crippen LogP contribution in [-0.4, -0.2) is 38.0 Å². The molecule has 0 aromatic heterocycles. The molecular formula is C26H37NO3. The van der Waals surface area contributed by atoms with Crippen molar-refractivity contribution in [2.75, 3.05) is 13.7 Å². The van der Waals surface area contributed by atoms with Crippen molar-refractivity contribution in [1.82, 2.24) is 5.32 Å². The number of hydrogen-bond donors (Lipinski definition) is 1. The first-order chi connectivity index (χ1) is 14.8. The van der Waals surface area contributed by atoms with Gasteiger partial charge in [0.25, 0.3) is 0 Å². The molecule has 0 unspecified atom stereocenters. The molecule has 30 heavy (non-hydrogen) atoms. The number of rotatable bonds is 13. The van der Waals surface area contributed by atoms with Crippen molar-refractivity contribution in [3.8, 4) is 0 Å². The van der Waals surface area contributed by atoms with E-state index in [9.17, 15) is 0 Å². The molecule has 4 heteroatoms. The van der Waals surface area contributed by atoms with Gasteiger partial charge in [-0.1, -0.05) is 86.8 Å². The van der Waals surface area contributed by atoms with E-state index in [1.54, 1.807) is 0 Å². The molecule has 4 atom stereocenters. The lowest BCUT2D eigenvalue weighted by molar-refractivity contribution is -0.0715. The Morgan fingerprint density at radius 1 is 0.767 bits per heavy atom. The summed E-state index contributed by atoms with van der Waals surface area (Å²) in [7, 11) is 2.00. The fourth-order valence-corrected chi connectivity index (χ4v) is 4.15. The second kappa shape index (κ2) is 12.9. The summed E-state index contributed by atoms with van der Waals surface area (Å²) in [6.45, 7) is 4.22. The van der Waals surface area contributed by atoms with Crippen LogP contribution < -0.4 is 5.32 Å². The highest BCUT2D eigenvalue weighted by atomic mass is 16.6. The molecule has 0 amide bonds. The third-order valence-electron chi connectivity index (χ3n) is 5.84. The van der Waals surface area contributed by atoms with Crippen molar-refractivity contribution in [1.29, 1.82) is 0 Å². The van der Waals surface area contributed by atoms with Gasteiger partial charge in [-0.2, -0.15) is 0 Å². The lowest BCUT2D eigenvalue weighted by Crippen LogP contribution is -2.45. The maximum atomic E-state index is 6.37. The third-order valence-corrected chi connectivity index (χ3v) is 5.84. The number of benzene rings is 2. The zero-order chi connectivity index (χ0) is 21.0. The van der Waals surface area contributed by atoms with Crippen LogP contribution in [0.25, 0.3) is 0 Å². The van der Waals surface area contributed by atoms with E-state index >= 15 is 0 Å². The summed E-state index contributed by atoms with van der Waals surface area (Å²) in [5, 5.41) is 3.45. The maximum Gasteiger partial charge on any atom is 0.101 e. The van der Waals surface area contributed by atoms with Gasteiger partial charge < -0.3 is 19.5 Å². The van der Waals surface area contributed by atoms with Gasteiger partial charge in [-0.3, -0.25) is 0 Å². The number of likely N-dealkylation sites (N-methyl/N-ethyl adjacent to an activating group) is 1. The van der Waals surface area contributed by atoms with Crippen molar-refractivity contribution in [3.05, 3.63) is 71.8 Å². The molecule has 0 spiro atoms. The maximum absolute atomic E-state index is 6.37. The molecule has 4 nitrogen and oxygen atoms in total. The fraction of sp³-hybridized carbons (Fsp3) is 0.538. The van der Waals surface area contributed by atoms with Crippen molar-refractivity contribution >= 4 is 0 Å². The van der Waals surface area contributed by atoms with Crippen LogP contribution in [-0.2, 0) is 27.4 Å². The summed E-state index contributed by atoms with van der Waals surface area (Å²) in [6.07, 6.45) is 5.75. The van der Waals surface area contributed by atoms with Crippen LogP contribution in [0.5, 0.6) is 0 Å².